The Morgan fingerprint density at radius 2 is 0.794 bits per heavy atom. The average Bonchev–Trinajstić information content (AvgIpc) is 0.815. The van der Waals surface area contributed by atoms with E-state index in [4.69, 9.17) is 35.4 Å². The second kappa shape index (κ2) is 39.9. The van der Waals surface area contributed by atoms with Crippen molar-refractivity contribution < 1.29 is 44.8 Å². The smallest absolute Gasteiger partial charge is 0.0134 e. The standard InChI is InChI=1S/C18H15N3O4.2C18H15P.C11H9ClN2O2.C7H6NO2.CH4.3CH3.2ClH.Pd.Sn/c1-11-5-14-6-12(8-16(21(23)24)17(14)20-10-11)7-15-9-13(3-4-19-15)18(22)25-2;2*1-4-10-16(11-5-1)19(17-12-6-2-7-13-17)18-14-8-3-9-15-18;1-7-2-9-3-8(5-12)4-10(14(15)16)11(9)13-6-7;1-10-7(9)6-2-4-8-5-3-6;;;;;;;;/h3-6,8-10H,7H2,1-2H3;2*1-15H;2-4,6H,5H2,1H3;2-4H,1H3;1H4;3*1H3;2*1H;;/q;;;;;;;;;;;+2;/p-2. The number of pyridine rings is 4. The fraction of sp³-hybridized carbons (Fsp3) is 0.132. The van der Waals surface area contributed by atoms with Gasteiger partial charge in [-0.3, -0.25) is 25.2 Å². The van der Waals surface area contributed by atoms with Crippen molar-refractivity contribution in [3.05, 3.63) is 327 Å². The van der Waals surface area contributed by atoms with Gasteiger partial charge >= 0.3 is 129 Å². The molecule has 0 atom stereocenters. The van der Waals surface area contributed by atoms with Crippen LogP contribution in [0.1, 0.15) is 56.1 Å². The van der Waals surface area contributed by atoms with Crippen LogP contribution in [-0.2, 0) is 37.7 Å². The minimum atomic E-state index is -2.15. The Balaban J connectivity index is 0.000000191. The number of benzene rings is 8. The molecule has 12 aromatic rings. The number of methoxy groups -OCH3 is 2. The number of rotatable bonds is 14. The number of nitrogens with zero attached hydrogens (tertiary/aromatic N) is 6. The first-order chi connectivity index (χ1) is 46.3. The molecule has 0 bridgehead atoms. The van der Waals surface area contributed by atoms with E-state index in [1.54, 1.807) is 36.8 Å². The molecular weight excluding hydrogens is 1520 g/mol. The van der Waals surface area contributed by atoms with Crippen molar-refractivity contribution >= 4 is 146 Å². The second-order valence-corrected chi connectivity index (χ2v) is 43.5. The molecule has 0 N–H and O–H groups in total. The zero-order valence-electron chi connectivity index (χ0n) is 53.6. The van der Waals surface area contributed by atoms with Crippen molar-refractivity contribution in [2.24, 2.45) is 0 Å². The molecule has 0 aliphatic heterocycles. The molecular formula is C76H73Cl3N6O8P2PdSn. The summed E-state index contributed by atoms with van der Waals surface area (Å²) in [5.41, 5.74) is 5.68. The van der Waals surface area contributed by atoms with Gasteiger partial charge in [-0.25, -0.2) is 14.8 Å². The van der Waals surface area contributed by atoms with Crippen molar-refractivity contribution in [2.75, 3.05) is 14.2 Å². The molecule has 0 aliphatic rings. The van der Waals surface area contributed by atoms with Gasteiger partial charge in [0.05, 0.1) is 22.5 Å². The van der Waals surface area contributed by atoms with E-state index in [2.05, 4.69) is 221 Å². The van der Waals surface area contributed by atoms with Crippen molar-refractivity contribution in [3.8, 4) is 0 Å². The van der Waals surface area contributed by atoms with Crippen LogP contribution in [0.25, 0.3) is 21.8 Å². The largest absolute Gasteiger partial charge is 0.0622 e. The number of halogens is 3. The summed E-state index contributed by atoms with van der Waals surface area (Å²) in [4.78, 5) is 67.9. The molecule has 4 aromatic heterocycles. The number of nitro benzene ring substituents is 2. The minimum Gasteiger partial charge on any atom is -0.0622 e. The molecule has 12 rings (SSSR count). The molecule has 21 heteroatoms. The Labute approximate surface area is 594 Å². The molecule has 14 nitrogen and oxygen atoms in total. The molecule has 0 unspecified atom stereocenters. The summed E-state index contributed by atoms with van der Waals surface area (Å²) < 4.78 is 10.5. The number of non-ortho nitro benzene ring substituents is 2. The number of carbonyl (C=O) groups excluding carboxylic acids is 2. The fourth-order valence-corrected chi connectivity index (χ4v) is 17.5. The minimum absolute atomic E-state index is 0. The number of hydrogen-bond donors (Lipinski definition) is 0. The van der Waals surface area contributed by atoms with Crippen LogP contribution >= 0.6 is 46.5 Å². The molecule has 0 aliphatic carbocycles. The van der Waals surface area contributed by atoms with Gasteiger partial charge < -0.3 is 4.74 Å². The maximum Gasteiger partial charge on any atom is -0.0134 e. The maximum atomic E-state index is 11.6. The van der Waals surface area contributed by atoms with Crippen LogP contribution < -0.4 is 35.5 Å². The third-order valence-electron chi connectivity index (χ3n) is 14.1. The molecule has 0 radical (unpaired) electrons. The van der Waals surface area contributed by atoms with Gasteiger partial charge in [0, 0.05) is 59.5 Å². The summed E-state index contributed by atoms with van der Waals surface area (Å²) in [5.74, 6) is -0.484. The quantitative estimate of drug-likeness (QED) is 0.0250. The van der Waals surface area contributed by atoms with Crippen LogP contribution in [0, 0.1) is 34.1 Å². The van der Waals surface area contributed by atoms with E-state index in [0.29, 0.717) is 39.7 Å². The van der Waals surface area contributed by atoms with Gasteiger partial charge in [0.2, 0.25) is 0 Å². The second-order valence-electron chi connectivity index (χ2n) is 22.2. The van der Waals surface area contributed by atoms with Crippen LogP contribution in [-0.4, -0.2) is 74.3 Å². The Morgan fingerprint density at radius 1 is 0.474 bits per heavy atom. The third kappa shape index (κ3) is 23.5. The van der Waals surface area contributed by atoms with Gasteiger partial charge in [-0.1, -0.05) is 189 Å². The number of aryl methyl sites for hydroxylation is 2. The van der Waals surface area contributed by atoms with E-state index in [9.17, 15) is 29.8 Å². The number of fused-ring (bicyclic) bond motifs is 2. The molecule has 4 heterocycles. The molecule has 0 amide bonds. The van der Waals surface area contributed by atoms with E-state index in [1.807, 2.05) is 44.2 Å². The average molecular weight is 1590 g/mol. The SMILES string of the molecule is C.COC(=O)c1ccn[c]([Sn]([CH3])([CH3])[CH3])c1.COC(=O)c1ccnc(Cc2cc([N+](=O)[O-])c3ncc(C)cc3c2)c1.Cc1cnc2c([N+](=O)[O-])cc(CCl)cc2c1.[Cl][Pd][Cl].c1ccc(P(c2ccccc2)c2ccccc2)cc1.c1ccc(P(c2ccccc2)c2ccccc2)cc1. The van der Waals surface area contributed by atoms with E-state index in [-0.39, 0.29) is 46.6 Å². The predicted molar refractivity (Wildman–Crippen MR) is 401 cm³/mol. The number of ether oxygens (including phenoxy) is 2. The number of nitro groups is 2. The van der Waals surface area contributed by atoms with Crippen molar-refractivity contribution in [1.82, 2.24) is 19.9 Å². The number of aromatic nitrogens is 4. The number of carbonyl (C=O) groups is 2. The van der Waals surface area contributed by atoms with Crippen LogP contribution in [0.15, 0.2) is 267 Å². The Bertz CT molecular complexity index is 4180. The van der Waals surface area contributed by atoms with Gasteiger partial charge in [-0.2, -0.15) is 0 Å². The number of alkyl halides is 1. The fourth-order valence-electron chi connectivity index (χ4n) is 9.73. The Hall–Kier alpha value is -8.19. The third-order valence-corrected chi connectivity index (χ3v) is 24.5. The molecule has 0 saturated heterocycles. The summed E-state index contributed by atoms with van der Waals surface area (Å²) in [6.45, 7) is 3.78. The van der Waals surface area contributed by atoms with Crippen molar-refractivity contribution in [1.29, 1.82) is 0 Å². The van der Waals surface area contributed by atoms with Crippen molar-refractivity contribution in [2.45, 2.75) is 48.4 Å². The number of esters is 2. The number of hydrogen-bond acceptors (Lipinski definition) is 12. The van der Waals surface area contributed by atoms with E-state index >= 15 is 0 Å². The summed E-state index contributed by atoms with van der Waals surface area (Å²) in [6.07, 6.45) is 6.79. The van der Waals surface area contributed by atoms with Crippen LogP contribution in [0.5, 0.6) is 0 Å². The Kier molecular flexibility index (Phi) is 32.0. The van der Waals surface area contributed by atoms with Crippen molar-refractivity contribution in [3.63, 3.8) is 0 Å². The molecule has 500 valence electrons. The zero-order valence-corrected chi connectivity index (χ0v) is 62.1. The van der Waals surface area contributed by atoms with Crippen LogP contribution in [0.2, 0.25) is 14.8 Å². The van der Waals surface area contributed by atoms with Crippen LogP contribution in [0.4, 0.5) is 11.4 Å². The van der Waals surface area contributed by atoms with E-state index in [1.165, 1.54) is 64.4 Å². The van der Waals surface area contributed by atoms with E-state index in [0.717, 1.165) is 31.3 Å². The predicted octanol–water partition coefficient (Wildman–Crippen LogP) is 16.7. The van der Waals surface area contributed by atoms with Crippen LogP contribution in [0.3, 0.4) is 0 Å². The topological polar surface area (TPSA) is 190 Å². The molecule has 0 fully saturated rings. The molecule has 0 spiro atoms. The van der Waals surface area contributed by atoms with Gasteiger partial charge in [-0.05, 0) is 120 Å². The van der Waals surface area contributed by atoms with E-state index < -0.39 is 50.0 Å². The summed E-state index contributed by atoms with van der Waals surface area (Å²) in [5, 5.41) is 32.1. The van der Waals surface area contributed by atoms with Gasteiger partial charge in [-0.15, -0.1) is 11.6 Å². The first-order valence-corrected chi connectivity index (χ1v) is 47.0. The zero-order chi connectivity index (χ0) is 69.0. The molecule has 8 aromatic carbocycles. The maximum absolute atomic E-state index is 11.6. The molecule has 97 heavy (non-hydrogen) atoms. The van der Waals surface area contributed by atoms with Gasteiger partial charge in [0.1, 0.15) is 11.0 Å². The summed E-state index contributed by atoms with van der Waals surface area (Å²) in [6, 6.07) is 81.8. The van der Waals surface area contributed by atoms with Gasteiger partial charge in [0.15, 0.2) is 0 Å². The Morgan fingerprint density at radius 3 is 1.11 bits per heavy atom. The molecule has 0 saturated carbocycles. The summed E-state index contributed by atoms with van der Waals surface area (Å²) in [7, 11) is 11.4. The normalized spacial score (nSPS) is 10.5. The summed E-state index contributed by atoms with van der Waals surface area (Å²) >= 11 is 3.44. The monoisotopic (exact) mass is 1590 g/mol. The first-order valence-electron chi connectivity index (χ1n) is 29.8. The first kappa shape index (κ1) is 77.8. The van der Waals surface area contributed by atoms with Gasteiger partial charge in [0.25, 0.3) is 11.4 Å².